The average molecular weight is 250 g/mol. The number of fused-ring (bicyclic) bond motifs is 5. The van der Waals surface area contributed by atoms with Gasteiger partial charge in [0.05, 0.1) is 54.4 Å². The van der Waals surface area contributed by atoms with Crippen LogP contribution in [0.3, 0.4) is 0 Å². The number of hydrogen-bond acceptors (Lipinski definition) is 0. The smallest absolute Gasteiger partial charge is 0.0839 e. The molecular formula is C16H30N2+2. The SMILES string of the molecule is C[N+](C)(C)CCC[N+]1(C)C[C@@H]2[C@H](C1)[C@@H]1C=C[C@H]2C1. The molecule has 1 aliphatic heterocycles. The third-order valence-electron chi connectivity index (χ3n) is 5.63. The number of allylic oxidation sites excluding steroid dienone is 2. The Kier molecular flexibility index (Phi) is 2.87. The van der Waals surface area contributed by atoms with Crippen molar-refractivity contribution < 1.29 is 8.97 Å². The molecule has 5 atom stereocenters. The van der Waals surface area contributed by atoms with Crippen LogP contribution in [0.2, 0.25) is 0 Å². The molecule has 18 heavy (non-hydrogen) atoms. The molecule has 3 rings (SSSR count). The highest BCUT2D eigenvalue weighted by molar-refractivity contribution is 5.14. The van der Waals surface area contributed by atoms with Gasteiger partial charge in [0.25, 0.3) is 0 Å². The maximum absolute atomic E-state index is 2.52. The first kappa shape index (κ1) is 12.7. The lowest BCUT2D eigenvalue weighted by Gasteiger charge is -2.33. The first-order valence-corrected chi connectivity index (χ1v) is 7.69. The van der Waals surface area contributed by atoms with Gasteiger partial charge < -0.3 is 8.97 Å². The Hall–Kier alpha value is -0.340. The third kappa shape index (κ3) is 2.25. The Morgan fingerprint density at radius 3 is 2.11 bits per heavy atom. The summed E-state index contributed by atoms with van der Waals surface area (Å²) in [5, 5.41) is 0. The Morgan fingerprint density at radius 1 is 1.06 bits per heavy atom. The minimum Gasteiger partial charge on any atom is -0.331 e. The lowest BCUT2D eigenvalue weighted by atomic mass is 9.86. The lowest BCUT2D eigenvalue weighted by molar-refractivity contribution is -0.910. The molecule has 0 N–H and O–H groups in total. The van der Waals surface area contributed by atoms with Crippen molar-refractivity contribution in [3.8, 4) is 0 Å². The predicted octanol–water partition coefficient (Wildman–Crippen LogP) is 1.98. The van der Waals surface area contributed by atoms with Crippen molar-refractivity contribution in [1.29, 1.82) is 0 Å². The van der Waals surface area contributed by atoms with E-state index in [4.69, 9.17) is 0 Å². The maximum Gasteiger partial charge on any atom is 0.0839 e. The standard InChI is InChI=1S/C16H30N2/c1-17(2,3)8-5-9-18(4)11-15-13-6-7-14(10-13)16(15)12-18/h6-7,13-16H,5,8-12H2,1-4H3/q+2/t13-,14+,15-,16+,18?. The number of rotatable bonds is 4. The topological polar surface area (TPSA) is 0 Å². The third-order valence-corrected chi connectivity index (χ3v) is 5.63. The van der Waals surface area contributed by atoms with E-state index < -0.39 is 0 Å². The van der Waals surface area contributed by atoms with Crippen LogP contribution in [0.25, 0.3) is 0 Å². The summed E-state index contributed by atoms with van der Waals surface area (Å²) in [6, 6.07) is 0. The molecule has 3 aliphatic rings. The van der Waals surface area contributed by atoms with Gasteiger partial charge in [-0.05, 0) is 18.3 Å². The van der Waals surface area contributed by atoms with Gasteiger partial charge in [0.1, 0.15) is 0 Å². The van der Waals surface area contributed by atoms with Crippen LogP contribution in [0.1, 0.15) is 12.8 Å². The molecular weight excluding hydrogens is 220 g/mol. The van der Waals surface area contributed by atoms with Gasteiger partial charge in [0.15, 0.2) is 0 Å². The van der Waals surface area contributed by atoms with Crippen molar-refractivity contribution >= 4 is 0 Å². The first-order chi connectivity index (χ1) is 8.36. The van der Waals surface area contributed by atoms with Crippen LogP contribution in [0.4, 0.5) is 0 Å². The number of quaternary nitrogens is 2. The fourth-order valence-electron chi connectivity index (χ4n) is 4.77. The van der Waals surface area contributed by atoms with Gasteiger partial charge in [-0.25, -0.2) is 0 Å². The van der Waals surface area contributed by atoms with Crippen LogP contribution in [0.5, 0.6) is 0 Å². The van der Waals surface area contributed by atoms with E-state index in [1.807, 2.05) is 0 Å². The Morgan fingerprint density at radius 2 is 1.61 bits per heavy atom. The summed E-state index contributed by atoms with van der Waals surface area (Å²) in [5.74, 6) is 3.93. The van der Waals surface area contributed by atoms with Crippen LogP contribution >= 0.6 is 0 Å². The van der Waals surface area contributed by atoms with Gasteiger partial charge in [-0.2, -0.15) is 0 Å². The summed E-state index contributed by atoms with van der Waals surface area (Å²) < 4.78 is 2.46. The van der Waals surface area contributed by atoms with E-state index in [1.54, 1.807) is 0 Å². The van der Waals surface area contributed by atoms with Gasteiger partial charge in [-0.1, -0.05) is 12.2 Å². The highest BCUT2D eigenvalue weighted by Crippen LogP contribution is 2.52. The molecule has 0 radical (unpaired) electrons. The fraction of sp³-hybridized carbons (Fsp3) is 0.875. The molecule has 1 heterocycles. The van der Waals surface area contributed by atoms with E-state index in [2.05, 4.69) is 40.3 Å². The molecule has 1 saturated carbocycles. The van der Waals surface area contributed by atoms with Crippen LogP contribution < -0.4 is 0 Å². The summed E-state index contributed by atoms with van der Waals surface area (Å²) in [7, 11) is 9.43. The molecule has 2 heteroatoms. The fourth-order valence-corrected chi connectivity index (χ4v) is 4.77. The largest absolute Gasteiger partial charge is 0.331 e. The van der Waals surface area contributed by atoms with Gasteiger partial charge in [-0.3, -0.25) is 0 Å². The van der Waals surface area contributed by atoms with Crippen molar-refractivity contribution in [3.05, 3.63) is 12.2 Å². The van der Waals surface area contributed by atoms with Crippen molar-refractivity contribution in [2.75, 3.05) is 54.4 Å². The lowest BCUT2D eigenvalue weighted by Crippen LogP contribution is -2.46. The summed E-state index contributed by atoms with van der Waals surface area (Å²) in [6.07, 6.45) is 7.90. The van der Waals surface area contributed by atoms with E-state index in [0.29, 0.717) is 0 Å². The number of likely N-dealkylation sites (tertiary alicyclic amines) is 1. The normalized spacial score (nSPS) is 45.8. The van der Waals surface area contributed by atoms with E-state index >= 15 is 0 Å². The second-order valence-corrected chi connectivity index (χ2v) is 8.35. The van der Waals surface area contributed by atoms with Gasteiger partial charge in [-0.15, -0.1) is 0 Å². The van der Waals surface area contributed by atoms with E-state index in [1.165, 1.54) is 43.5 Å². The Balaban J connectivity index is 1.55. The minimum atomic E-state index is 0.943. The molecule has 2 nitrogen and oxygen atoms in total. The molecule has 1 saturated heterocycles. The van der Waals surface area contributed by atoms with E-state index in [-0.39, 0.29) is 0 Å². The zero-order valence-electron chi connectivity index (χ0n) is 12.6. The second kappa shape index (κ2) is 4.08. The van der Waals surface area contributed by atoms with E-state index in [0.717, 1.165) is 28.2 Å². The van der Waals surface area contributed by atoms with E-state index in [9.17, 15) is 0 Å². The van der Waals surface area contributed by atoms with Crippen LogP contribution in [-0.2, 0) is 0 Å². The quantitative estimate of drug-likeness (QED) is 0.529. The number of hydrogen-bond donors (Lipinski definition) is 0. The minimum absolute atomic E-state index is 0.943. The predicted molar refractivity (Wildman–Crippen MR) is 76.0 cm³/mol. The summed E-state index contributed by atoms with van der Waals surface area (Å²) in [5.41, 5.74) is 0. The van der Waals surface area contributed by atoms with Gasteiger partial charge in [0, 0.05) is 18.3 Å². The van der Waals surface area contributed by atoms with Crippen molar-refractivity contribution in [2.45, 2.75) is 12.8 Å². The molecule has 102 valence electrons. The zero-order chi connectivity index (χ0) is 13.0. The molecule has 0 spiro atoms. The van der Waals surface area contributed by atoms with Crippen LogP contribution in [0.15, 0.2) is 12.2 Å². The molecule has 1 unspecified atom stereocenters. The highest BCUT2D eigenvalue weighted by Gasteiger charge is 2.54. The highest BCUT2D eigenvalue weighted by atomic mass is 15.4. The molecule has 2 fully saturated rings. The number of nitrogens with zero attached hydrogens (tertiary/aromatic N) is 2. The molecule has 2 aliphatic carbocycles. The molecule has 0 amide bonds. The van der Waals surface area contributed by atoms with Gasteiger partial charge >= 0.3 is 0 Å². The van der Waals surface area contributed by atoms with Crippen LogP contribution in [-0.4, -0.2) is 63.3 Å². The second-order valence-electron chi connectivity index (χ2n) is 8.35. The summed E-state index contributed by atoms with van der Waals surface area (Å²) in [4.78, 5) is 0. The van der Waals surface area contributed by atoms with Crippen LogP contribution in [0, 0.1) is 23.7 Å². The summed E-state index contributed by atoms with van der Waals surface area (Å²) >= 11 is 0. The molecule has 0 aromatic carbocycles. The first-order valence-electron chi connectivity index (χ1n) is 7.69. The van der Waals surface area contributed by atoms with Gasteiger partial charge in [0.2, 0.25) is 0 Å². The van der Waals surface area contributed by atoms with Crippen molar-refractivity contribution in [1.82, 2.24) is 0 Å². The summed E-state index contributed by atoms with van der Waals surface area (Å²) in [6.45, 7) is 5.61. The van der Waals surface area contributed by atoms with Crippen molar-refractivity contribution in [3.63, 3.8) is 0 Å². The molecule has 2 bridgehead atoms. The zero-order valence-corrected chi connectivity index (χ0v) is 12.6. The Labute approximate surface area is 112 Å². The monoisotopic (exact) mass is 250 g/mol. The average Bonchev–Trinajstić information content (AvgIpc) is 2.85. The Bertz CT molecular complexity index is 333. The molecule has 0 aromatic heterocycles. The van der Waals surface area contributed by atoms with Crippen molar-refractivity contribution in [2.24, 2.45) is 23.7 Å². The molecule has 0 aromatic rings. The maximum atomic E-state index is 2.52.